The Hall–Kier alpha value is -1.88. The number of esters is 1. The SMILES string of the molecule is COC(=O)/C(=C\[Se]c1ccccc1)S(=O)(=O)c1ccc(C)cc1. The van der Waals surface area contributed by atoms with Crippen molar-refractivity contribution >= 4 is 35.2 Å². The molecule has 0 aliphatic heterocycles. The van der Waals surface area contributed by atoms with E-state index in [9.17, 15) is 13.2 Å². The molecule has 0 spiro atoms. The van der Waals surface area contributed by atoms with E-state index in [2.05, 4.69) is 4.74 Å². The van der Waals surface area contributed by atoms with Crippen molar-refractivity contribution in [3.8, 4) is 0 Å². The van der Waals surface area contributed by atoms with Gasteiger partial charge in [-0.3, -0.25) is 0 Å². The van der Waals surface area contributed by atoms with Crippen LogP contribution in [0.15, 0.2) is 69.4 Å². The summed E-state index contributed by atoms with van der Waals surface area (Å²) in [6, 6.07) is 15.8. The summed E-state index contributed by atoms with van der Waals surface area (Å²) in [5, 5.41) is 0. The van der Waals surface area contributed by atoms with Gasteiger partial charge < -0.3 is 0 Å². The zero-order valence-corrected chi connectivity index (χ0v) is 15.3. The Labute approximate surface area is 142 Å². The Morgan fingerprint density at radius 1 is 1.04 bits per heavy atom. The van der Waals surface area contributed by atoms with Gasteiger partial charge in [-0.25, -0.2) is 0 Å². The van der Waals surface area contributed by atoms with Crippen LogP contribution < -0.4 is 4.46 Å². The predicted octanol–water partition coefficient (Wildman–Crippen LogP) is 1.81. The van der Waals surface area contributed by atoms with Gasteiger partial charge in [-0.15, -0.1) is 0 Å². The predicted molar refractivity (Wildman–Crippen MR) is 90.3 cm³/mol. The normalized spacial score (nSPS) is 12.0. The van der Waals surface area contributed by atoms with Gasteiger partial charge >= 0.3 is 142 Å². The van der Waals surface area contributed by atoms with E-state index < -0.39 is 15.8 Å². The molecular formula is C17H16O4SSe. The number of methoxy groups -OCH3 is 1. The van der Waals surface area contributed by atoms with Crippen molar-refractivity contribution in [3.63, 3.8) is 0 Å². The van der Waals surface area contributed by atoms with E-state index in [1.165, 1.54) is 24.2 Å². The van der Waals surface area contributed by atoms with Gasteiger partial charge in [0.25, 0.3) is 0 Å². The average molecular weight is 395 g/mol. The maximum absolute atomic E-state index is 12.7. The minimum absolute atomic E-state index is 0.0867. The summed E-state index contributed by atoms with van der Waals surface area (Å²) in [5.74, 6) is -0.844. The van der Waals surface area contributed by atoms with Crippen LogP contribution in [0.4, 0.5) is 0 Å². The zero-order chi connectivity index (χ0) is 16.9. The summed E-state index contributed by atoms with van der Waals surface area (Å²) in [4.78, 5) is 13.2. The van der Waals surface area contributed by atoms with Gasteiger partial charge in [-0.1, -0.05) is 0 Å². The number of benzene rings is 2. The molecule has 0 aliphatic rings. The second-order valence-corrected chi connectivity index (χ2v) is 8.62. The Kier molecular flexibility index (Phi) is 5.77. The molecule has 0 fully saturated rings. The molecule has 4 nitrogen and oxygen atoms in total. The quantitative estimate of drug-likeness (QED) is 0.440. The van der Waals surface area contributed by atoms with E-state index in [4.69, 9.17) is 0 Å². The summed E-state index contributed by atoms with van der Waals surface area (Å²) in [5.41, 5.74) is 0.945. The summed E-state index contributed by atoms with van der Waals surface area (Å²) in [7, 11) is -2.72. The van der Waals surface area contributed by atoms with Crippen molar-refractivity contribution in [3.05, 3.63) is 70.0 Å². The first-order valence-corrected chi connectivity index (χ1v) is 10.1. The van der Waals surface area contributed by atoms with Crippen LogP contribution >= 0.6 is 0 Å². The molecule has 0 saturated heterocycles. The van der Waals surface area contributed by atoms with Crippen molar-refractivity contribution < 1.29 is 17.9 Å². The van der Waals surface area contributed by atoms with Gasteiger partial charge in [-0.05, 0) is 0 Å². The molecule has 0 N–H and O–H groups in total. The van der Waals surface area contributed by atoms with Crippen molar-refractivity contribution in [2.75, 3.05) is 7.11 Å². The minimum atomic E-state index is -3.90. The molecule has 23 heavy (non-hydrogen) atoms. The first-order chi connectivity index (χ1) is 10.9. The van der Waals surface area contributed by atoms with E-state index in [0.29, 0.717) is 0 Å². The van der Waals surface area contributed by atoms with Crippen molar-refractivity contribution in [1.29, 1.82) is 0 Å². The topological polar surface area (TPSA) is 60.4 Å². The van der Waals surface area contributed by atoms with Crippen molar-refractivity contribution in [1.82, 2.24) is 0 Å². The molecule has 0 aromatic heterocycles. The van der Waals surface area contributed by atoms with Gasteiger partial charge in [0.1, 0.15) is 0 Å². The number of rotatable bonds is 5. The standard InChI is InChI=1S/C17H16O4SSe/c1-13-8-10-14(11-9-13)22(19,20)16(17(18)21-2)12-23-15-6-4-3-5-7-15/h3-12H,1-2H3/b16-12+. The molecule has 2 aromatic carbocycles. The molecule has 120 valence electrons. The molecule has 0 bridgehead atoms. The third-order valence-corrected chi connectivity index (χ3v) is 7.03. The fourth-order valence-electron chi connectivity index (χ4n) is 1.79. The molecule has 0 unspecified atom stereocenters. The first-order valence-electron chi connectivity index (χ1n) is 6.77. The number of hydrogen-bond donors (Lipinski definition) is 0. The second-order valence-electron chi connectivity index (χ2n) is 4.72. The average Bonchev–Trinajstić information content (AvgIpc) is 2.56. The fourth-order valence-corrected chi connectivity index (χ4v) is 5.38. The summed E-state index contributed by atoms with van der Waals surface area (Å²) >= 11 is -0.289. The van der Waals surface area contributed by atoms with Crippen LogP contribution in [0.3, 0.4) is 0 Å². The molecule has 0 heterocycles. The van der Waals surface area contributed by atoms with Crippen LogP contribution in [0.25, 0.3) is 0 Å². The summed E-state index contributed by atoms with van der Waals surface area (Å²) < 4.78 is 31.0. The Morgan fingerprint density at radius 3 is 2.22 bits per heavy atom. The van der Waals surface area contributed by atoms with E-state index in [0.717, 1.165) is 10.0 Å². The molecule has 0 radical (unpaired) electrons. The molecule has 0 aliphatic carbocycles. The third-order valence-electron chi connectivity index (χ3n) is 3.05. The van der Waals surface area contributed by atoms with Crippen LogP contribution in [0, 0.1) is 6.92 Å². The van der Waals surface area contributed by atoms with Crippen LogP contribution in [0.1, 0.15) is 5.56 Å². The first kappa shape index (κ1) is 17.5. The number of ether oxygens (including phenoxy) is 1. The number of carbonyl (C=O) groups is 1. The van der Waals surface area contributed by atoms with E-state index in [1.807, 2.05) is 37.3 Å². The molecule has 2 rings (SSSR count). The summed E-state index contributed by atoms with van der Waals surface area (Å²) in [6.45, 7) is 1.87. The molecule has 0 saturated carbocycles. The number of hydrogen-bond acceptors (Lipinski definition) is 4. The monoisotopic (exact) mass is 396 g/mol. The number of sulfone groups is 1. The van der Waals surface area contributed by atoms with Gasteiger partial charge in [0.15, 0.2) is 0 Å². The van der Waals surface area contributed by atoms with Crippen molar-refractivity contribution in [2.24, 2.45) is 0 Å². The molecule has 6 heteroatoms. The maximum atomic E-state index is 12.7. The van der Waals surface area contributed by atoms with Gasteiger partial charge in [-0.2, -0.15) is 0 Å². The van der Waals surface area contributed by atoms with E-state index in [-0.39, 0.29) is 24.8 Å². The molecule has 0 atom stereocenters. The summed E-state index contributed by atoms with van der Waals surface area (Å²) in [6.07, 6.45) is 0. The number of carbonyl (C=O) groups excluding carboxylic acids is 1. The fraction of sp³-hybridized carbons (Fsp3) is 0.118. The zero-order valence-electron chi connectivity index (χ0n) is 12.7. The number of aryl methyl sites for hydroxylation is 1. The Balaban J connectivity index is 2.41. The van der Waals surface area contributed by atoms with Crippen molar-refractivity contribution in [2.45, 2.75) is 11.8 Å². The Morgan fingerprint density at radius 2 is 1.65 bits per heavy atom. The van der Waals surface area contributed by atoms with Gasteiger partial charge in [0.05, 0.1) is 0 Å². The second kappa shape index (κ2) is 7.59. The van der Waals surface area contributed by atoms with E-state index in [1.54, 1.807) is 12.1 Å². The van der Waals surface area contributed by atoms with Crippen LogP contribution in [-0.4, -0.2) is 36.5 Å². The molecule has 0 amide bonds. The Bertz CT molecular complexity index is 809. The van der Waals surface area contributed by atoms with Gasteiger partial charge in [0.2, 0.25) is 0 Å². The van der Waals surface area contributed by atoms with Gasteiger partial charge in [0, 0.05) is 0 Å². The van der Waals surface area contributed by atoms with E-state index >= 15 is 0 Å². The molecule has 2 aromatic rings. The van der Waals surface area contributed by atoms with Crippen LogP contribution in [-0.2, 0) is 19.4 Å². The van der Waals surface area contributed by atoms with Crippen LogP contribution in [0.2, 0.25) is 0 Å². The van der Waals surface area contributed by atoms with Crippen LogP contribution in [0.5, 0.6) is 0 Å². The third kappa shape index (κ3) is 4.32. The molecular weight excluding hydrogens is 379 g/mol.